The van der Waals surface area contributed by atoms with Crippen molar-refractivity contribution in [1.82, 2.24) is 4.90 Å². The van der Waals surface area contributed by atoms with Crippen LogP contribution in [0.5, 0.6) is 0 Å². The minimum absolute atomic E-state index is 0.0159. The second kappa shape index (κ2) is 6.41. The summed E-state index contributed by atoms with van der Waals surface area (Å²) in [6, 6.07) is 7.04. The Balaban J connectivity index is 1.57. The van der Waals surface area contributed by atoms with Crippen LogP contribution in [-0.4, -0.2) is 17.0 Å². The SMILES string of the molecule is O=C(Nc1ccc(C(F)(F)F)c(Cl)c1)N1[C@H]2CC[C@@H]1c1cc(F)ccc1C2. The average Bonchev–Trinajstić information content (AvgIpc) is 2.90. The molecule has 0 spiro atoms. The van der Waals surface area contributed by atoms with E-state index in [4.69, 9.17) is 11.6 Å². The molecule has 0 radical (unpaired) electrons. The summed E-state index contributed by atoms with van der Waals surface area (Å²) in [5, 5.41) is 2.14. The molecule has 2 aromatic rings. The number of hydrogen-bond donors (Lipinski definition) is 1. The molecule has 2 aliphatic heterocycles. The smallest absolute Gasteiger partial charge is 0.314 e. The fourth-order valence-corrected chi connectivity index (χ4v) is 4.31. The molecule has 3 nitrogen and oxygen atoms in total. The Morgan fingerprint density at radius 1 is 1.15 bits per heavy atom. The zero-order valence-electron chi connectivity index (χ0n) is 14.0. The van der Waals surface area contributed by atoms with Crippen molar-refractivity contribution in [3.63, 3.8) is 0 Å². The van der Waals surface area contributed by atoms with Crippen molar-refractivity contribution < 1.29 is 22.4 Å². The summed E-state index contributed by atoms with van der Waals surface area (Å²) in [7, 11) is 0. The van der Waals surface area contributed by atoms with E-state index in [0.29, 0.717) is 6.42 Å². The van der Waals surface area contributed by atoms with E-state index in [0.717, 1.165) is 36.1 Å². The van der Waals surface area contributed by atoms with E-state index in [1.165, 1.54) is 18.2 Å². The average molecular weight is 399 g/mol. The van der Waals surface area contributed by atoms with Gasteiger partial charge in [0.1, 0.15) is 5.82 Å². The van der Waals surface area contributed by atoms with Gasteiger partial charge in [0.2, 0.25) is 0 Å². The number of rotatable bonds is 1. The van der Waals surface area contributed by atoms with Crippen molar-refractivity contribution in [3.05, 3.63) is 63.9 Å². The lowest BCUT2D eigenvalue weighted by molar-refractivity contribution is -0.137. The summed E-state index contributed by atoms with van der Waals surface area (Å²) < 4.78 is 52.1. The first kappa shape index (κ1) is 18.1. The van der Waals surface area contributed by atoms with Crippen molar-refractivity contribution in [2.75, 3.05) is 5.32 Å². The van der Waals surface area contributed by atoms with Crippen LogP contribution in [0.3, 0.4) is 0 Å². The third-order valence-electron chi connectivity index (χ3n) is 5.19. The number of fused-ring (bicyclic) bond motifs is 4. The van der Waals surface area contributed by atoms with Crippen LogP contribution in [0.2, 0.25) is 5.02 Å². The maximum Gasteiger partial charge on any atom is 0.417 e. The van der Waals surface area contributed by atoms with Crippen molar-refractivity contribution in [2.45, 2.75) is 37.5 Å². The number of nitrogens with zero attached hydrogens (tertiary/aromatic N) is 1. The van der Waals surface area contributed by atoms with Crippen LogP contribution < -0.4 is 5.32 Å². The van der Waals surface area contributed by atoms with Gasteiger partial charge in [-0.15, -0.1) is 0 Å². The van der Waals surface area contributed by atoms with Crippen LogP contribution in [0.15, 0.2) is 36.4 Å². The molecule has 2 aromatic carbocycles. The number of anilines is 1. The Labute approximate surface area is 157 Å². The molecule has 1 N–H and O–H groups in total. The molecule has 0 aliphatic carbocycles. The van der Waals surface area contributed by atoms with Crippen molar-refractivity contribution in [2.24, 2.45) is 0 Å². The van der Waals surface area contributed by atoms with E-state index < -0.39 is 22.8 Å². The number of halogens is 5. The largest absolute Gasteiger partial charge is 0.417 e. The van der Waals surface area contributed by atoms with Crippen LogP contribution >= 0.6 is 11.6 Å². The number of benzene rings is 2. The molecule has 8 heteroatoms. The molecule has 0 saturated carbocycles. The van der Waals surface area contributed by atoms with Gasteiger partial charge in [-0.1, -0.05) is 17.7 Å². The molecule has 142 valence electrons. The predicted molar refractivity (Wildman–Crippen MR) is 93.2 cm³/mol. The van der Waals surface area contributed by atoms with Crippen LogP contribution in [0, 0.1) is 5.82 Å². The van der Waals surface area contributed by atoms with E-state index >= 15 is 0 Å². The van der Waals surface area contributed by atoms with Crippen LogP contribution in [0.25, 0.3) is 0 Å². The van der Waals surface area contributed by atoms with Gasteiger partial charge >= 0.3 is 12.2 Å². The van der Waals surface area contributed by atoms with Gasteiger partial charge in [0.05, 0.1) is 16.6 Å². The first-order valence-corrected chi connectivity index (χ1v) is 8.86. The Morgan fingerprint density at radius 3 is 2.63 bits per heavy atom. The molecule has 2 aliphatic rings. The predicted octanol–water partition coefficient (Wildman–Crippen LogP) is 5.79. The minimum atomic E-state index is -4.56. The third-order valence-corrected chi connectivity index (χ3v) is 5.50. The Bertz CT molecular complexity index is 915. The molecule has 1 saturated heterocycles. The summed E-state index contributed by atoms with van der Waals surface area (Å²) in [5.74, 6) is -0.353. The Hall–Kier alpha value is -2.28. The van der Waals surface area contributed by atoms with Crippen molar-refractivity contribution in [3.8, 4) is 0 Å². The lowest BCUT2D eigenvalue weighted by Crippen LogP contribution is -2.44. The highest BCUT2D eigenvalue weighted by Crippen LogP contribution is 2.44. The van der Waals surface area contributed by atoms with Gasteiger partial charge in [-0.05, 0) is 60.7 Å². The molecule has 2 heterocycles. The van der Waals surface area contributed by atoms with E-state index in [1.54, 1.807) is 11.0 Å². The van der Waals surface area contributed by atoms with Crippen molar-refractivity contribution >= 4 is 23.3 Å². The minimum Gasteiger partial charge on any atom is -0.314 e. The molecule has 2 bridgehead atoms. The van der Waals surface area contributed by atoms with E-state index in [-0.39, 0.29) is 23.6 Å². The highest BCUT2D eigenvalue weighted by atomic mass is 35.5. The van der Waals surface area contributed by atoms with Gasteiger partial charge in [0, 0.05) is 11.7 Å². The highest BCUT2D eigenvalue weighted by Gasteiger charge is 2.42. The fraction of sp³-hybridized carbons (Fsp3) is 0.316. The van der Waals surface area contributed by atoms with Gasteiger partial charge in [0.15, 0.2) is 0 Å². The number of nitrogens with one attached hydrogen (secondary N) is 1. The molecule has 0 unspecified atom stereocenters. The monoisotopic (exact) mass is 398 g/mol. The standard InChI is InChI=1S/C19H15ClF4N2O/c20-16-9-12(3-5-15(16)19(22,23)24)25-18(27)26-13-4-6-17(26)14-8-11(21)2-1-10(14)7-13/h1-3,5,8-9,13,17H,4,6-7H2,(H,25,27)/t13-,17+/m0/s1. The lowest BCUT2D eigenvalue weighted by atomic mass is 9.93. The molecular formula is C19H15ClF4N2O. The van der Waals surface area contributed by atoms with Gasteiger partial charge in [-0.25, -0.2) is 9.18 Å². The molecule has 1 fully saturated rings. The Morgan fingerprint density at radius 2 is 1.93 bits per heavy atom. The highest BCUT2D eigenvalue weighted by molar-refractivity contribution is 6.31. The van der Waals surface area contributed by atoms with Crippen LogP contribution in [0.4, 0.5) is 28.0 Å². The van der Waals surface area contributed by atoms with Gasteiger partial charge < -0.3 is 10.2 Å². The summed E-state index contributed by atoms with van der Waals surface area (Å²) in [6.07, 6.45) is -2.41. The second-order valence-corrected chi connectivity index (χ2v) is 7.23. The normalized spacial score (nSPS) is 21.1. The topological polar surface area (TPSA) is 32.3 Å². The number of hydrogen-bond acceptors (Lipinski definition) is 1. The third kappa shape index (κ3) is 3.25. The van der Waals surface area contributed by atoms with Crippen LogP contribution in [-0.2, 0) is 12.6 Å². The van der Waals surface area contributed by atoms with Gasteiger partial charge in [-0.3, -0.25) is 0 Å². The summed E-state index contributed by atoms with van der Waals surface area (Å²) in [5.41, 5.74) is 1.06. The maximum absolute atomic E-state index is 13.6. The second-order valence-electron chi connectivity index (χ2n) is 6.82. The molecule has 2 amide bonds. The summed E-state index contributed by atoms with van der Waals surface area (Å²) in [4.78, 5) is 14.4. The number of carbonyl (C=O) groups excluding carboxylic acids is 1. The van der Waals surface area contributed by atoms with Gasteiger partial charge in [0.25, 0.3) is 0 Å². The molecule has 4 rings (SSSR count). The summed E-state index contributed by atoms with van der Waals surface area (Å²) >= 11 is 5.71. The number of carbonyl (C=O) groups is 1. The molecule has 2 atom stereocenters. The van der Waals surface area contributed by atoms with Gasteiger partial charge in [-0.2, -0.15) is 13.2 Å². The zero-order chi connectivity index (χ0) is 19.3. The van der Waals surface area contributed by atoms with Crippen molar-refractivity contribution in [1.29, 1.82) is 0 Å². The van der Waals surface area contributed by atoms with Crippen LogP contribution in [0.1, 0.15) is 35.6 Å². The number of urea groups is 1. The first-order chi connectivity index (χ1) is 12.7. The lowest BCUT2D eigenvalue weighted by Gasteiger charge is -2.36. The maximum atomic E-state index is 13.6. The molecule has 27 heavy (non-hydrogen) atoms. The summed E-state index contributed by atoms with van der Waals surface area (Å²) in [6.45, 7) is 0. The molecular weight excluding hydrogens is 384 g/mol. The number of amides is 2. The van der Waals surface area contributed by atoms with E-state index in [2.05, 4.69) is 5.32 Å². The van der Waals surface area contributed by atoms with E-state index in [1.807, 2.05) is 0 Å². The fourth-order valence-electron chi connectivity index (χ4n) is 4.02. The zero-order valence-corrected chi connectivity index (χ0v) is 14.7. The first-order valence-electron chi connectivity index (χ1n) is 8.48. The number of alkyl halides is 3. The van der Waals surface area contributed by atoms with E-state index in [9.17, 15) is 22.4 Å². The molecule has 0 aromatic heterocycles. The Kier molecular flexibility index (Phi) is 4.29. The quantitative estimate of drug-likeness (QED) is 0.606.